The Morgan fingerprint density at radius 3 is 2.82 bits per heavy atom. The highest BCUT2D eigenvalue weighted by Crippen LogP contribution is 2.06. The van der Waals surface area contributed by atoms with Gasteiger partial charge in [0.05, 0.1) is 6.10 Å². The zero-order chi connectivity index (χ0) is 12.1. The molecule has 17 heavy (non-hydrogen) atoms. The van der Waals surface area contributed by atoms with Gasteiger partial charge in [-0.2, -0.15) is 0 Å². The maximum absolute atomic E-state index is 11.7. The predicted octanol–water partition coefficient (Wildman–Crippen LogP) is 1.41. The van der Waals surface area contributed by atoms with Crippen molar-refractivity contribution in [3.05, 3.63) is 35.4 Å². The maximum atomic E-state index is 11.7. The van der Waals surface area contributed by atoms with Gasteiger partial charge in [-0.05, 0) is 38.4 Å². The molecule has 2 rings (SSSR count). The second-order valence-corrected chi connectivity index (χ2v) is 4.38. The monoisotopic (exact) mass is 234 g/mol. The van der Waals surface area contributed by atoms with Gasteiger partial charge in [0.25, 0.3) is 5.91 Å². The van der Waals surface area contributed by atoms with Gasteiger partial charge in [-0.3, -0.25) is 9.63 Å². The summed E-state index contributed by atoms with van der Waals surface area (Å²) in [6, 6.07) is 7.43. The van der Waals surface area contributed by atoms with E-state index in [0.29, 0.717) is 5.56 Å². The molecule has 1 saturated heterocycles. The highest BCUT2D eigenvalue weighted by molar-refractivity contribution is 5.93. The normalized spacial score (nSPS) is 19.9. The molecule has 1 aliphatic heterocycles. The molecular formula is C13H18N2O2. The van der Waals surface area contributed by atoms with Gasteiger partial charge in [0.2, 0.25) is 0 Å². The molecular weight excluding hydrogens is 216 g/mol. The number of hydrogen-bond acceptors (Lipinski definition) is 3. The van der Waals surface area contributed by atoms with Crippen molar-refractivity contribution < 1.29 is 9.63 Å². The van der Waals surface area contributed by atoms with E-state index in [-0.39, 0.29) is 12.0 Å². The van der Waals surface area contributed by atoms with Crippen LogP contribution >= 0.6 is 0 Å². The Labute approximate surface area is 101 Å². The third-order valence-electron chi connectivity index (χ3n) is 2.88. The number of amides is 1. The van der Waals surface area contributed by atoms with Gasteiger partial charge in [0.15, 0.2) is 0 Å². The quantitative estimate of drug-likeness (QED) is 0.777. The maximum Gasteiger partial charge on any atom is 0.274 e. The standard InChI is InChI=1S/C13H18N2O2/c1-10-4-6-11(7-5-10)13(16)15-17-12-3-2-8-14-9-12/h4-7,12,14H,2-3,8-9H2,1H3,(H,15,16). The fourth-order valence-electron chi connectivity index (χ4n) is 1.82. The van der Waals surface area contributed by atoms with Crippen molar-refractivity contribution in [1.82, 2.24) is 10.8 Å². The number of carbonyl (C=O) groups is 1. The zero-order valence-electron chi connectivity index (χ0n) is 10.0. The Morgan fingerprint density at radius 2 is 2.18 bits per heavy atom. The number of carbonyl (C=O) groups excluding carboxylic acids is 1. The van der Waals surface area contributed by atoms with Crippen molar-refractivity contribution in [3.63, 3.8) is 0 Å². The van der Waals surface area contributed by atoms with Crippen LogP contribution in [0.3, 0.4) is 0 Å². The van der Waals surface area contributed by atoms with Crippen molar-refractivity contribution in [3.8, 4) is 0 Å². The number of piperidine rings is 1. The smallest absolute Gasteiger partial charge is 0.274 e. The summed E-state index contributed by atoms with van der Waals surface area (Å²) in [6.07, 6.45) is 2.16. The fourth-order valence-corrected chi connectivity index (χ4v) is 1.82. The molecule has 1 aromatic rings. The summed E-state index contributed by atoms with van der Waals surface area (Å²) < 4.78 is 0. The number of benzene rings is 1. The lowest BCUT2D eigenvalue weighted by Crippen LogP contribution is -2.40. The van der Waals surface area contributed by atoms with Crippen molar-refractivity contribution in [2.75, 3.05) is 13.1 Å². The van der Waals surface area contributed by atoms with Crippen LogP contribution in [0.15, 0.2) is 24.3 Å². The molecule has 1 unspecified atom stereocenters. The molecule has 4 nitrogen and oxygen atoms in total. The third-order valence-corrected chi connectivity index (χ3v) is 2.88. The minimum atomic E-state index is -0.185. The number of rotatable bonds is 3. The molecule has 0 saturated carbocycles. The SMILES string of the molecule is Cc1ccc(C(=O)NOC2CCCNC2)cc1. The van der Waals surface area contributed by atoms with Crippen molar-refractivity contribution in [1.29, 1.82) is 0 Å². The van der Waals surface area contributed by atoms with Gasteiger partial charge >= 0.3 is 0 Å². The van der Waals surface area contributed by atoms with E-state index in [1.807, 2.05) is 19.1 Å². The first-order chi connectivity index (χ1) is 8.25. The first-order valence-corrected chi connectivity index (χ1v) is 5.99. The Bertz CT molecular complexity index is 370. The highest BCUT2D eigenvalue weighted by atomic mass is 16.7. The lowest BCUT2D eigenvalue weighted by molar-refractivity contribution is -0.0251. The average Bonchev–Trinajstić information content (AvgIpc) is 2.38. The summed E-state index contributed by atoms with van der Waals surface area (Å²) in [6.45, 7) is 3.83. The first-order valence-electron chi connectivity index (χ1n) is 5.99. The van der Waals surface area contributed by atoms with Gasteiger partial charge in [-0.25, -0.2) is 5.48 Å². The van der Waals surface area contributed by atoms with E-state index in [9.17, 15) is 4.79 Å². The lowest BCUT2D eigenvalue weighted by atomic mass is 10.1. The first kappa shape index (κ1) is 12.1. The molecule has 0 spiro atoms. The molecule has 1 fully saturated rings. The van der Waals surface area contributed by atoms with Crippen LogP contribution in [-0.4, -0.2) is 25.1 Å². The number of nitrogens with one attached hydrogen (secondary N) is 2. The van der Waals surface area contributed by atoms with Gasteiger partial charge < -0.3 is 5.32 Å². The summed E-state index contributed by atoms with van der Waals surface area (Å²) in [4.78, 5) is 17.1. The lowest BCUT2D eigenvalue weighted by Gasteiger charge is -2.22. The fraction of sp³-hybridized carbons (Fsp3) is 0.462. The summed E-state index contributed by atoms with van der Waals surface area (Å²) in [5.41, 5.74) is 4.27. The zero-order valence-corrected chi connectivity index (χ0v) is 10.0. The van der Waals surface area contributed by atoms with E-state index in [1.54, 1.807) is 12.1 Å². The van der Waals surface area contributed by atoms with E-state index in [4.69, 9.17) is 4.84 Å². The van der Waals surface area contributed by atoms with Crippen LogP contribution < -0.4 is 10.8 Å². The second kappa shape index (κ2) is 5.80. The Balaban J connectivity index is 1.82. The van der Waals surface area contributed by atoms with E-state index < -0.39 is 0 Å². The van der Waals surface area contributed by atoms with Crippen molar-refractivity contribution in [2.24, 2.45) is 0 Å². The average molecular weight is 234 g/mol. The van der Waals surface area contributed by atoms with Crippen LogP contribution in [0.25, 0.3) is 0 Å². The molecule has 1 aliphatic rings. The number of hydrogen-bond donors (Lipinski definition) is 2. The van der Waals surface area contributed by atoms with Crippen LogP contribution in [0.2, 0.25) is 0 Å². The van der Waals surface area contributed by atoms with Gasteiger partial charge in [-0.1, -0.05) is 17.7 Å². The molecule has 1 heterocycles. The van der Waals surface area contributed by atoms with E-state index >= 15 is 0 Å². The van der Waals surface area contributed by atoms with Crippen molar-refractivity contribution in [2.45, 2.75) is 25.9 Å². The van der Waals surface area contributed by atoms with E-state index in [1.165, 1.54) is 0 Å². The molecule has 0 aromatic heterocycles. The van der Waals surface area contributed by atoms with E-state index in [0.717, 1.165) is 31.5 Å². The largest absolute Gasteiger partial charge is 0.314 e. The molecule has 2 N–H and O–H groups in total. The molecule has 1 aromatic carbocycles. The summed E-state index contributed by atoms with van der Waals surface area (Å²) in [7, 11) is 0. The topological polar surface area (TPSA) is 50.4 Å². The van der Waals surface area contributed by atoms with Gasteiger partial charge in [0.1, 0.15) is 0 Å². The molecule has 1 amide bonds. The van der Waals surface area contributed by atoms with Crippen LogP contribution in [0.4, 0.5) is 0 Å². The molecule has 4 heteroatoms. The molecule has 0 radical (unpaired) electrons. The third kappa shape index (κ3) is 3.54. The summed E-state index contributed by atoms with van der Waals surface area (Å²) in [5, 5.41) is 3.23. The number of aryl methyl sites for hydroxylation is 1. The molecule has 0 aliphatic carbocycles. The van der Waals surface area contributed by atoms with E-state index in [2.05, 4.69) is 10.8 Å². The molecule has 0 bridgehead atoms. The predicted molar refractivity (Wildman–Crippen MR) is 65.6 cm³/mol. The minimum Gasteiger partial charge on any atom is -0.314 e. The van der Waals surface area contributed by atoms with Crippen LogP contribution in [-0.2, 0) is 4.84 Å². The Kier molecular flexibility index (Phi) is 4.12. The second-order valence-electron chi connectivity index (χ2n) is 4.38. The van der Waals surface area contributed by atoms with Gasteiger partial charge in [0, 0.05) is 12.1 Å². The van der Waals surface area contributed by atoms with Crippen molar-refractivity contribution >= 4 is 5.91 Å². The number of hydroxylamine groups is 1. The van der Waals surface area contributed by atoms with Gasteiger partial charge in [-0.15, -0.1) is 0 Å². The molecule has 92 valence electrons. The summed E-state index contributed by atoms with van der Waals surface area (Å²) in [5.74, 6) is -0.185. The van der Waals surface area contributed by atoms with Crippen LogP contribution in [0.1, 0.15) is 28.8 Å². The Hall–Kier alpha value is -1.39. The summed E-state index contributed by atoms with van der Waals surface area (Å²) >= 11 is 0. The molecule has 1 atom stereocenters. The highest BCUT2D eigenvalue weighted by Gasteiger charge is 2.15. The Morgan fingerprint density at radius 1 is 1.41 bits per heavy atom. The minimum absolute atomic E-state index is 0.0816. The van der Waals surface area contributed by atoms with Crippen LogP contribution in [0.5, 0.6) is 0 Å². The van der Waals surface area contributed by atoms with Crippen LogP contribution in [0, 0.1) is 6.92 Å².